The molecule has 0 N–H and O–H groups in total. The average molecular weight is 1020 g/mol. The summed E-state index contributed by atoms with van der Waals surface area (Å²) in [5.74, 6) is 0. The van der Waals surface area contributed by atoms with Gasteiger partial charge in [0, 0.05) is 65.3 Å². The third-order valence-electron chi connectivity index (χ3n) is 18.7. The Balaban J connectivity index is 0.933. The third-order valence-corrected chi connectivity index (χ3v) is 18.7. The topological polar surface area (TPSA) is 67.3 Å². The third kappa shape index (κ3) is 5.74. The second kappa shape index (κ2) is 15.8. The summed E-state index contributed by atoms with van der Waals surface area (Å²) < 4.78 is 9.28. The molecule has 6 heteroatoms. The molecule has 80 heavy (non-hydrogen) atoms. The summed E-state index contributed by atoms with van der Waals surface area (Å²) in [5, 5.41) is 32.5. The molecule has 0 fully saturated rings. The van der Waals surface area contributed by atoms with E-state index >= 15 is 0 Å². The number of fused-ring (bicyclic) bond motifs is 17. The summed E-state index contributed by atoms with van der Waals surface area (Å²) in [6.07, 6.45) is 6.68. The predicted molar refractivity (Wildman–Crippen MR) is 329 cm³/mol. The molecule has 14 aromatic rings. The lowest BCUT2D eigenvalue weighted by Crippen LogP contribution is -2.16. The lowest BCUT2D eigenvalue weighted by Gasteiger charge is -2.24. The smallest absolute Gasteiger partial charge is 0.101 e. The van der Waals surface area contributed by atoms with E-state index in [2.05, 4.69) is 252 Å². The van der Waals surface area contributed by atoms with Crippen LogP contribution in [0.3, 0.4) is 0 Å². The van der Waals surface area contributed by atoms with Gasteiger partial charge in [-0.25, -0.2) is 0 Å². The Morgan fingerprint density at radius 3 is 1.29 bits per heavy atom. The first-order valence-electron chi connectivity index (χ1n) is 27.8. The first-order valence-corrected chi connectivity index (χ1v) is 27.8. The molecule has 0 saturated heterocycles. The molecule has 0 bridgehead atoms. The van der Waals surface area contributed by atoms with Gasteiger partial charge in [-0.2, -0.15) is 10.5 Å². The lowest BCUT2D eigenvalue weighted by atomic mass is 9.80. The summed E-state index contributed by atoms with van der Waals surface area (Å²) in [5.41, 5.74) is 22.9. The zero-order valence-electron chi connectivity index (χ0n) is 44.7. The van der Waals surface area contributed by atoms with Crippen molar-refractivity contribution in [2.45, 2.75) is 51.4 Å². The maximum atomic E-state index is 11.7. The summed E-state index contributed by atoms with van der Waals surface area (Å²) in [7, 11) is 0. The number of rotatable bonds is 4. The molecule has 0 spiro atoms. The maximum Gasteiger partial charge on any atom is 0.101 e. The van der Waals surface area contributed by atoms with E-state index in [0.29, 0.717) is 22.5 Å². The van der Waals surface area contributed by atoms with Gasteiger partial charge in [0.2, 0.25) is 0 Å². The molecule has 0 atom stereocenters. The van der Waals surface area contributed by atoms with Gasteiger partial charge in [-0.15, -0.1) is 0 Å². The number of aromatic nitrogens is 4. The van der Waals surface area contributed by atoms with Crippen molar-refractivity contribution < 1.29 is 0 Å². The second-order valence-electron chi connectivity index (χ2n) is 23.4. The fourth-order valence-corrected chi connectivity index (χ4v) is 15.0. The van der Waals surface area contributed by atoms with E-state index in [1.54, 1.807) is 0 Å². The van der Waals surface area contributed by atoms with Gasteiger partial charge in [-0.3, -0.25) is 0 Å². The first kappa shape index (κ1) is 44.9. The van der Waals surface area contributed by atoms with E-state index in [0.717, 1.165) is 89.9 Å². The zero-order valence-corrected chi connectivity index (χ0v) is 44.7. The van der Waals surface area contributed by atoms with Gasteiger partial charge in [0.05, 0.1) is 66.6 Å². The molecular formula is C74H50N6. The molecule has 4 heterocycles. The Bertz CT molecular complexity index is 5220. The van der Waals surface area contributed by atoms with Crippen molar-refractivity contribution in [2.24, 2.45) is 0 Å². The number of nitrogens with zero attached hydrogens (tertiary/aromatic N) is 6. The molecule has 0 unspecified atom stereocenters. The fourth-order valence-electron chi connectivity index (χ4n) is 15.0. The zero-order chi connectivity index (χ0) is 53.5. The Hall–Kier alpha value is -10.1. The van der Waals surface area contributed by atoms with Crippen LogP contribution in [-0.2, 0) is 10.8 Å². The molecule has 10 aromatic carbocycles. The van der Waals surface area contributed by atoms with Crippen LogP contribution >= 0.6 is 0 Å². The summed E-state index contributed by atoms with van der Waals surface area (Å²) >= 11 is 0. The number of nitriles is 2. The number of para-hydroxylation sites is 4. The van der Waals surface area contributed by atoms with Crippen molar-refractivity contribution in [1.29, 1.82) is 10.5 Å². The molecule has 0 saturated carbocycles. The second-order valence-corrected chi connectivity index (χ2v) is 23.4. The summed E-state index contributed by atoms with van der Waals surface area (Å²) in [6.45, 7) is 9.32. The van der Waals surface area contributed by atoms with Gasteiger partial charge in [0.15, 0.2) is 0 Å². The van der Waals surface area contributed by atoms with Crippen LogP contribution in [0.25, 0.3) is 127 Å². The van der Waals surface area contributed by atoms with Gasteiger partial charge in [0.1, 0.15) is 12.1 Å². The molecule has 17 rings (SSSR count). The van der Waals surface area contributed by atoms with Crippen LogP contribution in [0.5, 0.6) is 0 Å². The van der Waals surface area contributed by atoms with E-state index in [9.17, 15) is 10.5 Å². The normalized spacial score (nSPS) is 15.0. The van der Waals surface area contributed by atoms with Gasteiger partial charge in [-0.05, 0) is 154 Å². The maximum absolute atomic E-state index is 11.7. The van der Waals surface area contributed by atoms with Crippen molar-refractivity contribution in [3.8, 4) is 46.0 Å². The Labute approximate surface area is 461 Å². The minimum atomic E-state index is -0.271. The average Bonchev–Trinajstić information content (AvgIpc) is 4.45. The van der Waals surface area contributed by atoms with Crippen molar-refractivity contribution in [2.75, 3.05) is 0 Å². The van der Waals surface area contributed by atoms with E-state index < -0.39 is 0 Å². The molecular weight excluding hydrogens is 973 g/mol. The van der Waals surface area contributed by atoms with Crippen molar-refractivity contribution in [1.82, 2.24) is 18.3 Å². The first-order chi connectivity index (χ1) is 39.1. The summed E-state index contributed by atoms with van der Waals surface area (Å²) in [4.78, 5) is 0. The Kier molecular flexibility index (Phi) is 8.85. The number of hydrogen-bond donors (Lipinski definition) is 0. The van der Waals surface area contributed by atoms with E-state index in [4.69, 9.17) is 0 Å². The number of allylic oxidation sites excluding steroid dienone is 4. The van der Waals surface area contributed by atoms with Crippen LogP contribution < -0.4 is 0 Å². The number of benzene rings is 10. The van der Waals surface area contributed by atoms with E-state index in [1.165, 1.54) is 66.1 Å². The minimum Gasteiger partial charge on any atom is -0.309 e. The quantitative estimate of drug-likeness (QED) is 0.176. The van der Waals surface area contributed by atoms with Crippen molar-refractivity contribution in [3.05, 3.63) is 245 Å². The van der Waals surface area contributed by atoms with Crippen molar-refractivity contribution >= 4 is 92.8 Å². The minimum absolute atomic E-state index is 0.223. The van der Waals surface area contributed by atoms with Gasteiger partial charge in [-0.1, -0.05) is 137 Å². The fraction of sp³-hybridized carbons (Fsp3) is 0.108. The Morgan fingerprint density at radius 2 is 0.787 bits per heavy atom. The molecule has 6 nitrogen and oxygen atoms in total. The Morgan fingerprint density at radius 1 is 0.362 bits per heavy atom. The van der Waals surface area contributed by atoms with Gasteiger partial charge in [0.25, 0.3) is 0 Å². The highest BCUT2D eigenvalue weighted by Gasteiger charge is 2.39. The van der Waals surface area contributed by atoms with Crippen LogP contribution in [0.15, 0.2) is 212 Å². The lowest BCUT2D eigenvalue weighted by molar-refractivity contribution is 0.652. The van der Waals surface area contributed by atoms with Crippen LogP contribution in [0.2, 0.25) is 0 Å². The van der Waals surface area contributed by atoms with Crippen LogP contribution in [-0.4, -0.2) is 18.3 Å². The molecule has 3 aliphatic rings. The SMILES string of the molecule is CC1(C)C2=C(CCC=C2)c2cc3c4cc(-n5c6ccccc6c6ccccc65)ccc4n(-c4cc(C#N)c(-n5c6ccc(-n7c8ccccc8c8ccccc87)cc6c6cc7c(cc65)C(C)(C)c5ccccc5-7)cc4C#N)c3cc21. The molecule has 0 radical (unpaired) electrons. The van der Waals surface area contributed by atoms with Crippen molar-refractivity contribution in [3.63, 3.8) is 0 Å². The molecule has 3 aliphatic carbocycles. The largest absolute Gasteiger partial charge is 0.309 e. The highest BCUT2D eigenvalue weighted by atomic mass is 15.0. The molecule has 0 aliphatic heterocycles. The predicted octanol–water partition coefficient (Wildman–Crippen LogP) is 18.5. The summed E-state index contributed by atoms with van der Waals surface area (Å²) in [6, 6.07) is 75.8. The highest BCUT2D eigenvalue weighted by molar-refractivity contribution is 6.16. The van der Waals surface area contributed by atoms with Crippen LogP contribution in [0, 0.1) is 22.7 Å². The van der Waals surface area contributed by atoms with Gasteiger partial charge < -0.3 is 18.3 Å². The van der Waals surface area contributed by atoms with Crippen LogP contribution in [0.4, 0.5) is 0 Å². The highest BCUT2D eigenvalue weighted by Crippen LogP contribution is 2.54. The standard InChI is InChI=1S/C74H50N6/c1-73(2)59-23-11-5-17-47(59)53-37-57-55-35-45(77-63-25-13-7-19-49(63)50-20-8-14-26-64(50)77)29-31-67(55)79(71(57)39-61(53)73)69-33-44(42-76)70(34-43(69)41-75)80-68-32-30-46(78-65-27-15-9-21-51(65)52-22-10-16-28-66(52)78)36-56(68)58-38-54-48-18-6-12-24-60(48)74(3,4)62(54)40-72(58)80/h5,7-17,19-40H,6,18H2,1-4H3. The van der Waals surface area contributed by atoms with Crippen LogP contribution in [0.1, 0.15) is 73.9 Å². The monoisotopic (exact) mass is 1020 g/mol. The molecule has 4 aromatic heterocycles. The molecule has 376 valence electrons. The van der Waals surface area contributed by atoms with E-state index in [-0.39, 0.29) is 10.8 Å². The number of hydrogen-bond acceptors (Lipinski definition) is 2. The molecule has 0 amide bonds. The van der Waals surface area contributed by atoms with E-state index in [1.807, 2.05) is 12.1 Å². The van der Waals surface area contributed by atoms with Gasteiger partial charge >= 0.3 is 0 Å².